The van der Waals surface area contributed by atoms with Crippen LogP contribution in [0.25, 0.3) is 0 Å². The SMILES string of the molecule is CCC.CN1CCC(O)(c2ccc(C(F)(F)F)cc2)C1. The third kappa shape index (κ3) is 4.21. The number of halogens is 3. The lowest BCUT2D eigenvalue weighted by atomic mass is 9.92. The highest BCUT2D eigenvalue weighted by atomic mass is 19.4. The molecule has 1 aromatic carbocycles. The quantitative estimate of drug-likeness (QED) is 0.853. The summed E-state index contributed by atoms with van der Waals surface area (Å²) in [4.78, 5) is 1.96. The van der Waals surface area contributed by atoms with Crippen LogP contribution < -0.4 is 0 Å². The summed E-state index contributed by atoms with van der Waals surface area (Å²) in [5.41, 5.74) is -1.15. The van der Waals surface area contributed by atoms with Gasteiger partial charge >= 0.3 is 6.18 Å². The first-order chi connectivity index (χ1) is 9.23. The Labute approximate surface area is 118 Å². The van der Waals surface area contributed by atoms with Gasteiger partial charge in [-0.3, -0.25) is 0 Å². The van der Waals surface area contributed by atoms with Gasteiger partial charge in [0.05, 0.1) is 5.56 Å². The molecule has 1 heterocycles. The van der Waals surface area contributed by atoms with Gasteiger partial charge in [0.2, 0.25) is 0 Å². The number of nitrogens with zero attached hydrogens (tertiary/aromatic N) is 1. The summed E-state index contributed by atoms with van der Waals surface area (Å²) in [7, 11) is 1.88. The van der Waals surface area contributed by atoms with E-state index in [0.717, 1.165) is 18.7 Å². The minimum atomic E-state index is -4.33. The van der Waals surface area contributed by atoms with Gasteiger partial charge in [-0.25, -0.2) is 0 Å². The smallest absolute Gasteiger partial charge is 0.384 e. The molecular formula is C15H22F3NO. The van der Waals surface area contributed by atoms with Crippen molar-refractivity contribution in [2.24, 2.45) is 0 Å². The van der Waals surface area contributed by atoms with Gasteiger partial charge in [0.25, 0.3) is 0 Å². The normalized spacial score (nSPS) is 23.4. The molecule has 1 aliphatic heterocycles. The predicted octanol–water partition coefficient (Wildman–Crippen LogP) is 3.64. The van der Waals surface area contributed by atoms with Crippen LogP contribution in [0.15, 0.2) is 24.3 Å². The molecule has 1 N–H and O–H groups in total. The summed E-state index contributed by atoms with van der Waals surface area (Å²) < 4.78 is 37.2. The van der Waals surface area contributed by atoms with Crippen LogP contribution in [0.3, 0.4) is 0 Å². The largest absolute Gasteiger partial charge is 0.416 e. The van der Waals surface area contributed by atoms with E-state index in [-0.39, 0.29) is 0 Å². The van der Waals surface area contributed by atoms with E-state index < -0.39 is 17.3 Å². The molecule has 0 aromatic heterocycles. The summed E-state index contributed by atoms with van der Waals surface area (Å²) in [5, 5.41) is 10.3. The second-order valence-electron chi connectivity index (χ2n) is 5.30. The first-order valence-corrected chi connectivity index (χ1v) is 6.81. The molecule has 0 amide bonds. The van der Waals surface area contributed by atoms with Crippen LogP contribution >= 0.6 is 0 Å². The van der Waals surface area contributed by atoms with Crippen molar-refractivity contribution < 1.29 is 18.3 Å². The zero-order valence-corrected chi connectivity index (χ0v) is 12.2. The van der Waals surface area contributed by atoms with Crippen LogP contribution in [0.1, 0.15) is 37.8 Å². The third-order valence-corrected chi connectivity index (χ3v) is 3.19. The van der Waals surface area contributed by atoms with Crippen LogP contribution in [-0.2, 0) is 11.8 Å². The molecule has 114 valence electrons. The number of benzene rings is 1. The first kappa shape index (κ1) is 17.0. The van der Waals surface area contributed by atoms with Crippen molar-refractivity contribution in [2.75, 3.05) is 20.1 Å². The van der Waals surface area contributed by atoms with Gasteiger partial charge in [0, 0.05) is 13.1 Å². The highest BCUT2D eigenvalue weighted by Crippen LogP contribution is 2.34. The number of alkyl halides is 3. The average Bonchev–Trinajstić information content (AvgIpc) is 2.71. The van der Waals surface area contributed by atoms with E-state index in [2.05, 4.69) is 13.8 Å². The average molecular weight is 289 g/mol. The van der Waals surface area contributed by atoms with Crippen molar-refractivity contribution in [3.8, 4) is 0 Å². The Bertz CT molecular complexity index is 416. The lowest BCUT2D eigenvalue weighted by Crippen LogP contribution is -2.29. The zero-order valence-electron chi connectivity index (χ0n) is 12.2. The molecular weight excluding hydrogens is 267 g/mol. The molecule has 0 saturated carbocycles. The molecule has 2 rings (SSSR count). The summed E-state index contributed by atoms with van der Waals surface area (Å²) in [5.74, 6) is 0. The predicted molar refractivity (Wildman–Crippen MR) is 73.4 cm³/mol. The van der Waals surface area contributed by atoms with E-state index in [1.807, 2.05) is 11.9 Å². The second-order valence-corrected chi connectivity index (χ2v) is 5.30. The van der Waals surface area contributed by atoms with Gasteiger partial charge in [-0.05, 0) is 31.2 Å². The summed E-state index contributed by atoms with van der Waals surface area (Å²) >= 11 is 0. The van der Waals surface area contributed by atoms with Gasteiger partial charge in [-0.2, -0.15) is 13.2 Å². The van der Waals surface area contributed by atoms with Crippen molar-refractivity contribution in [1.82, 2.24) is 4.90 Å². The number of hydrogen-bond acceptors (Lipinski definition) is 2. The standard InChI is InChI=1S/C12H14F3NO.C3H8/c1-16-7-6-11(17,8-16)9-2-4-10(5-3-9)12(13,14)15;1-3-2/h2-5,17H,6-8H2,1H3;3H2,1-2H3. The molecule has 2 nitrogen and oxygen atoms in total. The fourth-order valence-electron chi connectivity index (χ4n) is 2.19. The molecule has 20 heavy (non-hydrogen) atoms. The topological polar surface area (TPSA) is 23.5 Å². The Kier molecular flexibility index (Phi) is 5.59. The fraction of sp³-hybridized carbons (Fsp3) is 0.600. The highest BCUT2D eigenvalue weighted by molar-refractivity contribution is 5.29. The maximum atomic E-state index is 12.4. The van der Waals surface area contributed by atoms with Crippen LogP contribution in [0.4, 0.5) is 13.2 Å². The molecule has 1 atom stereocenters. The van der Waals surface area contributed by atoms with Crippen LogP contribution in [0.5, 0.6) is 0 Å². The molecule has 1 saturated heterocycles. The molecule has 1 aliphatic rings. The van der Waals surface area contributed by atoms with Crippen molar-refractivity contribution in [1.29, 1.82) is 0 Å². The van der Waals surface area contributed by atoms with E-state index in [9.17, 15) is 18.3 Å². The van der Waals surface area contributed by atoms with E-state index in [0.29, 0.717) is 18.5 Å². The number of β-amino-alcohol motifs (C(OH)–C–C–N with tert-alkyl or cyclic N) is 1. The molecule has 0 bridgehead atoms. The van der Waals surface area contributed by atoms with Crippen molar-refractivity contribution in [2.45, 2.75) is 38.5 Å². The number of hydrogen-bond donors (Lipinski definition) is 1. The molecule has 0 aliphatic carbocycles. The third-order valence-electron chi connectivity index (χ3n) is 3.19. The van der Waals surface area contributed by atoms with Crippen molar-refractivity contribution in [3.63, 3.8) is 0 Å². The number of aliphatic hydroxyl groups is 1. The van der Waals surface area contributed by atoms with E-state index in [1.54, 1.807) is 0 Å². The Morgan fingerprint density at radius 3 is 2.05 bits per heavy atom. The van der Waals surface area contributed by atoms with Crippen molar-refractivity contribution in [3.05, 3.63) is 35.4 Å². The van der Waals surface area contributed by atoms with E-state index in [1.165, 1.54) is 18.6 Å². The number of likely N-dealkylation sites (tertiary alicyclic amines) is 1. The number of rotatable bonds is 1. The van der Waals surface area contributed by atoms with Gasteiger partial charge in [0.15, 0.2) is 0 Å². The van der Waals surface area contributed by atoms with Crippen LogP contribution in [-0.4, -0.2) is 30.1 Å². The van der Waals surface area contributed by atoms with Crippen molar-refractivity contribution >= 4 is 0 Å². The van der Waals surface area contributed by atoms with Gasteiger partial charge < -0.3 is 10.0 Å². The molecule has 0 radical (unpaired) electrons. The first-order valence-electron chi connectivity index (χ1n) is 6.81. The summed E-state index contributed by atoms with van der Waals surface area (Å²) in [6.07, 6.45) is -2.53. The minimum absolute atomic E-state index is 0.457. The van der Waals surface area contributed by atoms with Gasteiger partial charge in [-0.1, -0.05) is 32.4 Å². The molecule has 1 fully saturated rings. The lowest BCUT2D eigenvalue weighted by molar-refractivity contribution is -0.137. The summed E-state index contributed by atoms with van der Waals surface area (Å²) in [6.45, 7) is 5.45. The maximum Gasteiger partial charge on any atom is 0.416 e. The Balaban J connectivity index is 0.000000612. The zero-order chi connectivity index (χ0) is 15.4. The van der Waals surface area contributed by atoms with Gasteiger partial charge in [-0.15, -0.1) is 0 Å². The molecule has 1 aromatic rings. The van der Waals surface area contributed by atoms with Crippen LogP contribution in [0, 0.1) is 0 Å². The fourth-order valence-corrected chi connectivity index (χ4v) is 2.19. The summed E-state index contributed by atoms with van der Waals surface area (Å²) in [6, 6.07) is 4.77. The Morgan fingerprint density at radius 1 is 1.20 bits per heavy atom. The minimum Gasteiger partial charge on any atom is -0.384 e. The van der Waals surface area contributed by atoms with E-state index in [4.69, 9.17) is 0 Å². The number of likely N-dealkylation sites (N-methyl/N-ethyl adjacent to an activating group) is 1. The molecule has 5 heteroatoms. The molecule has 0 spiro atoms. The maximum absolute atomic E-state index is 12.4. The second kappa shape index (κ2) is 6.59. The van der Waals surface area contributed by atoms with Gasteiger partial charge in [0.1, 0.15) is 5.60 Å². The van der Waals surface area contributed by atoms with Crippen LogP contribution in [0.2, 0.25) is 0 Å². The Morgan fingerprint density at radius 2 is 1.70 bits per heavy atom. The monoisotopic (exact) mass is 289 g/mol. The van der Waals surface area contributed by atoms with E-state index >= 15 is 0 Å². The molecule has 1 unspecified atom stereocenters. The Hall–Kier alpha value is -1.07. The highest BCUT2D eigenvalue weighted by Gasteiger charge is 2.37. The lowest BCUT2D eigenvalue weighted by Gasteiger charge is -2.23.